The molecule has 0 aliphatic heterocycles. The number of halogens is 3. The van der Waals surface area contributed by atoms with Gasteiger partial charge in [0.1, 0.15) is 0 Å². The zero-order valence-electron chi connectivity index (χ0n) is 77.1. The van der Waals surface area contributed by atoms with Crippen LogP contribution < -0.4 is 40.4 Å². The summed E-state index contributed by atoms with van der Waals surface area (Å²) in [7, 11) is 0. The van der Waals surface area contributed by atoms with Gasteiger partial charge in [-0.3, -0.25) is 9.59 Å². The molecule has 3 fully saturated rings. The fraction of sp³-hybridized carbons (Fsp3) is 0.310. The normalized spacial score (nSPS) is 14.8. The minimum atomic E-state index is -0.963. The van der Waals surface area contributed by atoms with E-state index >= 15 is 0 Å². The molecule has 13 nitrogen and oxygen atoms in total. The summed E-state index contributed by atoms with van der Waals surface area (Å²) in [6, 6.07) is 87.6. The van der Waals surface area contributed by atoms with E-state index in [4.69, 9.17) is 55.5 Å². The third kappa shape index (κ3) is 31.2. The van der Waals surface area contributed by atoms with Crippen LogP contribution in [0.2, 0.25) is 15.1 Å². The molecule has 0 saturated heterocycles. The van der Waals surface area contributed by atoms with Crippen LogP contribution in [0.25, 0.3) is 69.2 Å². The Morgan fingerprint density at radius 2 is 0.692 bits per heavy atom. The first kappa shape index (κ1) is 103. The van der Waals surface area contributed by atoms with Gasteiger partial charge in [-0.05, 0) is 299 Å². The topological polar surface area (TPSA) is 240 Å². The number of carbonyl (C=O) groups is 3. The average molecular weight is 1900 g/mol. The van der Waals surface area contributed by atoms with Crippen LogP contribution in [0.3, 0.4) is 0 Å². The number of carboxylic acid groups (broad SMARTS) is 3. The first-order valence-electron chi connectivity index (χ1n) is 45.3. The molecule has 3 heterocycles. The number of carboxylic acids is 3. The minimum absolute atomic E-state index is 0. The van der Waals surface area contributed by atoms with Crippen molar-refractivity contribution in [1.82, 2.24) is 15.0 Å². The van der Waals surface area contributed by atoms with Crippen LogP contribution >= 0.6 is 70.1 Å². The molecule has 3 aliphatic carbocycles. The molecule has 0 amide bonds. The van der Waals surface area contributed by atoms with Crippen molar-refractivity contribution in [3.05, 3.63) is 371 Å². The number of aliphatic hydroxyl groups is 3. The van der Waals surface area contributed by atoms with Gasteiger partial charge in [0.2, 0.25) is 0 Å². The fourth-order valence-electron chi connectivity index (χ4n) is 16.8. The maximum Gasteiger partial charge on any atom is 1.00 e. The van der Waals surface area contributed by atoms with Crippen LogP contribution in [0.4, 0.5) is 0 Å². The molecule has 10 aromatic carbocycles. The number of rotatable bonds is 37. The van der Waals surface area contributed by atoms with Crippen molar-refractivity contribution in [3.8, 4) is 0 Å². The van der Waals surface area contributed by atoms with Gasteiger partial charge < -0.3 is 41.2 Å². The quantitative estimate of drug-likeness (QED) is 0.0198. The van der Waals surface area contributed by atoms with E-state index in [0.717, 1.165) is 194 Å². The van der Waals surface area contributed by atoms with E-state index in [-0.39, 0.29) is 80.8 Å². The molecule has 684 valence electrons. The van der Waals surface area contributed by atoms with Crippen molar-refractivity contribution in [2.24, 2.45) is 22.0 Å². The van der Waals surface area contributed by atoms with Gasteiger partial charge in [-0.1, -0.05) is 265 Å². The molecule has 0 spiro atoms. The van der Waals surface area contributed by atoms with Gasteiger partial charge in [-0.15, -0.1) is 0 Å². The van der Waals surface area contributed by atoms with E-state index in [9.17, 15) is 45.0 Å². The van der Waals surface area contributed by atoms with Crippen molar-refractivity contribution >= 4 is 157 Å². The van der Waals surface area contributed by atoms with Crippen LogP contribution in [-0.2, 0) is 57.0 Å². The fourth-order valence-corrected chi connectivity index (χ4v) is 22.0. The van der Waals surface area contributed by atoms with E-state index in [2.05, 4.69) is 153 Å². The Hall–Kier alpha value is -9.18. The minimum Gasteiger partial charge on any atom is -0.550 e. The van der Waals surface area contributed by atoms with Gasteiger partial charge in [-0.25, -0.2) is 15.0 Å². The predicted octanol–water partition coefficient (Wildman–Crippen LogP) is 24.0. The van der Waals surface area contributed by atoms with E-state index < -0.39 is 34.7 Å². The number of hydrogen-bond acceptors (Lipinski definition) is 14. The molecule has 7 N–H and O–H groups in total. The molecule has 3 aliphatic rings. The van der Waals surface area contributed by atoms with Crippen LogP contribution in [0.5, 0.6) is 0 Å². The molecule has 3 atom stereocenters. The molecule has 133 heavy (non-hydrogen) atoms. The number of aryl methyl sites for hydroxylation is 4. The number of thioether (sulfide) groups is 3. The largest absolute Gasteiger partial charge is 1.00 e. The van der Waals surface area contributed by atoms with Crippen LogP contribution in [0, 0.1) is 23.2 Å². The number of hydrogen-bond donors (Lipinski definition) is 6. The van der Waals surface area contributed by atoms with Gasteiger partial charge >= 0.3 is 41.5 Å². The smallest absolute Gasteiger partial charge is 0.550 e. The second-order valence-corrected chi connectivity index (χ2v) is 42.2. The molecule has 0 radical (unpaired) electrons. The van der Waals surface area contributed by atoms with Gasteiger partial charge in [0.25, 0.3) is 0 Å². The molecular weight excluding hydrogens is 1780 g/mol. The first-order chi connectivity index (χ1) is 63.1. The van der Waals surface area contributed by atoms with Crippen LogP contribution in [0.15, 0.2) is 261 Å². The van der Waals surface area contributed by atoms with Crippen molar-refractivity contribution in [3.63, 3.8) is 0 Å². The molecule has 0 unspecified atom stereocenters. The Morgan fingerprint density at radius 3 is 0.970 bits per heavy atom. The standard InChI is InChI=1S/3C35H36ClNO3S.C8H11N.Na/c3*1-34(2,40)30-9-4-3-7-25(30)13-17-32(41-23-35(18-19-35)22-33(38)39)27-8-5-6-24(20-27)10-15-29-16-12-26-11-14-28(36)21-31(26)37-29;1-7-2-4-8(6-9)5-3-7;/h3*3-12,14-16,20-21,32,40H,13,17-19,22-23H2,1-2H3,(H,38,39);2-5H,6,9H2,1H3;/q;;;;+1/p-1/b3*15-10+;;/t3*32-;;/m111../s1. The van der Waals surface area contributed by atoms with Gasteiger partial charge in [0.05, 0.1) is 63.3 Å². The average Bonchev–Trinajstić information content (AvgIpc) is 1.53. The third-order valence-corrected chi connectivity index (χ3v) is 30.6. The Morgan fingerprint density at radius 1 is 0.398 bits per heavy atom. The van der Waals surface area contributed by atoms with E-state index in [0.29, 0.717) is 21.6 Å². The van der Waals surface area contributed by atoms with Gasteiger partial charge in [0.15, 0.2) is 0 Å². The Kier molecular flexibility index (Phi) is 36.4. The summed E-state index contributed by atoms with van der Waals surface area (Å²) >= 11 is 24.1. The zero-order chi connectivity index (χ0) is 93.8. The van der Waals surface area contributed by atoms with Crippen molar-refractivity contribution in [1.29, 1.82) is 0 Å². The zero-order valence-corrected chi connectivity index (χ0v) is 83.8. The van der Waals surface area contributed by atoms with Gasteiger partial charge in [-0.2, -0.15) is 35.3 Å². The number of benzene rings is 10. The third-order valence-electron chi connectivity index (χ3n) is 24.8. The molecule has 20 heteroatoms. The summed E-state index contributed by atoms with van der Waals surface area (Å²) in [6.45, 7) is 13.7. The summed E-state index contributed by atoms with van der Waals surface area (Å²) < 4.78 is 0. The van der Waals surface area contributed by atoms with Crippen molar-refractivity contribution in [2.45, 2.75) is 184 Å². The molecule has 0 bridgehead atoms. The Labute approximate surface area is 833 Å². The van der Waals surface area contributed by atoms with E-state index in [1.165, 1.54) is 27.8 Å². The monoisotopic (exact) mass is 1900 g/mol. The number of nitrogens with zero attached hydrogens (tertiary/aromatic N) is 3. The molecular formula is C113H118Cl3N4NaO9S3. The summed E-state index contributed by atoms with van der Waals surface area (Å²) in [5.41, 5.74) is 23.2. The SMILES string of the molecule is CC(C)(O)c1ccccc1CC[C@@H](SCC1(CC(=O)O)CC1)c1cccc(/C=C/c2ccc3ccc(Cl)cc3n2)c1.CC(C)(O)c1ccccc1CC[C@@H](SCC1(CC(=O)O)CC1)c1cccc(/C=C/c2ccc3ccc(Cl)cc3n2)c1.CC(C)(O)c1ccccc1CC[C@@H](SCC1(CC(=O)[O-])CC1)c1cccc(/C=C/c2ccc3ccc(Cl)cc3n2)c1.Cc1ccc(CN)cc1.[Na+]. The number of pyridine rings is 3. The molecule has 16 rings (SSSR count). The molecule has 3 aromatic heterocycles. The summed E-state index contributed by atoms with van der Waals surface area (Å²) in [6.07, 6.45) is 23.8. The Balaban J connectivity index is 0.000000171. The second-order valence-electron chi connectivity index (χ2n) is 37.3. The number of nitrogens with two attached hydrogens (primary N) is 1. The van der Waals surface area contributed by atoms with Crippen LogP contribution in [-0.4, -0.2) is 75.7 Å². The van der Waals surface area contributed by atoms with E-state index in [1.54, 1.807) is 0 Å². The molecule has 13 aromatic rings. The number of aliphatic carboxylic acids is 3. The predicted molar refractivity (Wildman–Crippen MR) is 550 cm³/mol. The first-order valence-corrected chi connectivity index (χ1v) is 49.6. The summed E-state index contributed by atoms with van der Waals surface area (Å²) in [4.78, 5) is 48.6. The number of aromatic nitrogens is 3. The molecule has 3 saturated carbocycles. The van der Waals surface area contributed by atoms with E-state index in [1.807, 2.05) is 229 Å². The Bertz CT molecular complexity index is 5710. The van der Waals surface area contributed by atoms with Crippen LogP contribution in [0.1, 0.15) is 229 Å². The number of carbonyl (C=O) groups excluding carboxylic acids is 1. The number of fused-ring (bicyclic) bond motifs is 3. The van der Waals surface area contributed by atoms with Crippen molar-refractivity contribution < 1.29 is 74.6 Å². The second kappa shape index (κ2) is 47.1. The summed E-state index contributed by atoms with van der Waals surface area (Å²) in [5, 5.41) is 68.2. The van der Waals surface area contributed by atoms with Crippen molar-refractivity contribution in [2.75, 3.05) is 17.3 Å². The maximum atomic E-state index is 11.5. The summed E-state index contributed by atoms with van der Waals surface area (Å²) in [5.74, 6) is 0.0746. The maximum absolute atomic E-state index is 11.5. The van der Waals surface area contributed by atoms with Gasteiger partial charge in [0, 0.05) is 71.0 Å².